The molecule has 0 aliphatic carbocycles. The number of nitrogens with one attached hydrogen (secondary N) is 1. The minimum absolute atomic E-state index is 1.03. The van der Waals surface area contributed by atoms with E-state index in [1.54, 1.807) is 12.5 Å². The number of hydrogen-bond donors (Lipinski definition) is 1. The van der Waals surface area contributed by atoms with Crippen LogP contribution in [0, 0.1) is 0 Å². The molecular formula is C8H15N3. The van der Waals surface area contributed by atoms with Crippen LogP contribution in [-0.4, -0.2) is 16.2 Å². The lowest BCUT2D eigenvalue weighted by molar-refractivity contribution is 0.702. The second-order valence-electron chi connectivity index (χ2n) is 2.59. The monoisotopic (exact) mass is 153 g/mol. The average Bonchev–Trinajstić information content (AvgIpc) is 2.50. The van der Waals surface area contributed by atoms with Gasteiger partial charge in [0.05, 0.1) is 0 Å². The first-order valence-corrected chi connectivity index (χ1v) is 4.15. The average molecular weight is 153 g/mol. The normalized spacial score (nSPS) is 9.91. The van der Waals surface area contributed by atoms with Gasteiger partial charge in [-0.15, -0.1) is 0 Å². The summed E-state index contributed by atoms with van der Waals surface area (Å²) in [6, 6.07) is 0. The smallest absolute Gasteiger partial charge is 0.114 e. The summed E-state index contributed by atoms with van der Waals surface area (Å²) in [7, 11) is 0. The summed E-state index contributed by atoms with van der Waals surface area (Å²) in [5.41, 5.74) is 3.21. The van der Waals surface area contributed by atoms with Gasteiger partial charge in [-0.2, -0.15) is 0 Å². The van der Waals surface area contributed by atoms with E-state index in [2.05, 4.69) is 17.3 Å². The van der Waals surface area contributed by atoms with Crippen molar-refractivity contribution in [1.82, 2.24) is 9.66 Å². The molecular weight excluding hydrogens is 138 g/mol. The third-order valence-electron chi connectivity index (χ3n) is 1.58. The van der Waals surface area contributed by atoms with Crippen molar-refractivity contribution < 1.29 is 0 Å². The molecule has 0 spiro atoms. The first-order chi connectivity index (χ1) is 5.43. The van der Waals surface area contributed by atoms with E-state index in [4.69, 9.17) is 0 Å². The standard InChI is InChI=1S/C8H15N3/c1-2-3-4-5-10-11-7-6-9-8-11/h6-8,10H,2-5H2,1H3. The lowest BCUT2D eigenvalue weighted by atomic mass is 10.2. The van der Waals surface area contributed by atoms with E-state index in [9.17, 15) is 0 Å². The van der Waals surface area contributed by atoms with E-state index in [1.807, 2.05) is 10.9 Å². The molecule has 3 heteroatoms. The molecule has 3 nitrogen and oxygen atoms in total. The van der Waals surface area contributed by atoms with Crippen molar-refractivity contribution in [1.29, 1.82) is 0 Å². The van der Waals surface area contributed by atoms with Crippen LogP contribution < -0.4 is 5.43 Å². The quantitative estimate of drug-likeness (QED) is 0.651. The Morgan fingerprint density at radius 3 is 3.00 bits per heavy atom. The van der Waals surface area contributed by atoms with E-state index in [1.165, 1.54) is 19.3 Å². The molecule has 1 N–H and O–H groups in total. The maximum Gasteiger partial charge on any atom is 0.114 e. The molecule has 1 rings (SSSR count). The van der Waals surface area contributed by atoms with Crippen LogP contribution >= 0.6 is 0 Å². The molecule has 62 valence electrons. The van der Waals surface area contributed by atoms with Crippen LogP contribution in [0.25, 0.3) is 0 Å². The molecule has 0 aliphatic heterocycles. The van der Waals surface area contributed by atoms with Gasteiger partial charge in [-0.3, -0.25) is 4.68 Å². The molecule has 0 bridgehead atoms. The fraction of sp³-hybridized carbons (Fsp3) is 0.625. The van der Waals surface area contributed by atoms with E-state index >= 15 is 0 Å². The van der Waals surface area contributed by atoms with Gasteiger partial charge in [0.15, 0.2) is 0 Å². The fourth-order valence-corrected chi connectivity index (χ4v) is 0.936. The number of imidazole rings is 1. The third kappa shape index (κ3) is 3.07. The summed E-state index contributed by atoms with van der Waals surface area (Å²) < 4.78 is 1.88. The fourth-order valence-electron chi connectivity index (χ4n) is 0.936. The second kappa shape index (κ2) is 4.77. The number of unbranched alkanes of at least 4 members (excludes halogenated alkanes) is 2. The van der Waals surface area contributed by atoms with Crippen molar-refractivity contribution in [2.75, 3.05) is 12.0 Å². The van der Waals surface area contributed by atoms with Gasteiger partial charge in [0.2, 0.25) is 0 Å². The first kappa shape index (κ1) is 8.11. The highest BCUT2D eigenvalue weighted by atomic mass is 15.4. The second-order valence-corrected chi connectivity index (χ2v) is 2.59. The molecule has 0 amide bonds. The summed E-state index contributed by atoms with van der Waals surface area (Å²) in [4.78, 5) is 3.92. The van der Waals surface area contributed by atoms with Crippen LogP contribution in [0.5, 0.6) is 0 Å². The highest BCUT2D eigenvalue weighted by Gasteiger charge is 1.86. The van der Waals surface area contributed by atoms with Gasteiger partial charge in [0.1, 0.15) is 6.33 Å². The van der Waals surface area contributed by atoms with Gasteiger partial charge in [-0.05, 0) is 6.42 Å². The highest BCUT2D eigenvalue weighted by molar-refractivity contribution is 4.79. The van der Waals surface area contributed by atoms with Crippen molar-refractivity contribution in [3.8, 4) is 0 Å². The Hall–Kier alpha value is -0.990. The zero-order valence-electron chi connectivity index (χ0n) is 6.95. The Balaban J connectivity index is 2.04. The minimum Gasteiger partial charge on any atom is -0.325 e. The molecule has 0 atom stereocenters. The Bertz CT molecular complexity index is 169. The summed E-state index contributed by atoms with van der Waals surface area (Å²) in [6.07, 6.45) is 9.24. The van der Waals surface area contributed by atoms with Gasteiger partial charge in [-0.1, -0.05) is 19.8 Å². The predicted molar refractivity (Wildman–Crippen MR) is 46.0 cm³/mol. The Morgan fingerprint density at radius 2 is 2.36 bits per heavy atom. The number of hydrogen-bond acceptors (Lipinski definition) is 2. The summed E-state index contributed by atoms with van der Waals surface area (Å²) in [6.45, 7) is 3.24. The summed E-state index contributed by atoms with van der Waals surface area (Å²) in [5.74, 6) is 0. The van der Waals surface area contributed by atoms with Gasteiger partial charge in [-0.25, -0.2) is 4.98 Å². The molecule has 0 aromatic carbocycles. The first-order valence-electron chi connectivity index (χ1n) is 4.15. The van der Waals surface area contributed by atoms with Crippen LogP contribution in [0.3, 0.4) is 0 Å². The van der Waals surface area contributed by atoms with Crippen molar-refractivity contribution >= 4 is 0 Å². The Morgan fingerprint density at radius 1 is 1.45 bits per heavy atom. The van der Waals surface area contributed by atoms with Gasteiger partial charge in [0.25, 0.3) is 0 Å². The van der Waals surface area contributed by atoms with Crippen LogP contribution in [0.4, 0.5) is 0 Å². The summed E-state index contributed by atoms with van der Waals surface area (Å²) in [5, 5.41) is 0. The van der Waals surface area contributed by atoms with E-state index < -0.39 is 0 Å². The zero-order valence-corrected chi connectivity index (χ0v) is 6.95. The molecule has 11 heavy (non-hydrogen) atoms. The molecule has 0 unspecified atom stereocenters. The minimum atomic E-state index is 1.03. The SMILES string of the molecule is CCCCCNn1ccnc1. The lowest BCUT2D eigenvalue weighted by Crippen LogP contribution is -2.13. The molecule has 1 aromatic heterocycles. The van der Waals surface area contributed by atoms with Crippen molar-refractivity contribution in [3.63, 3.8) is 0 Å². The largest absolute Gasteiger partial charge is 0.325 e. The molecule has 1 heterocycles. The lowest BCUT2D eigenvalue weighted by Gasteiger charge is -2.04. The van der Waals surface area contributed by atoms with Crippen LogP contribution in [0.1, 0.15) is 26.2 Å². The molecule has 0 saturated heterocycles. The number of aromatic nitrogens is 2. The zero-order chi connectivity index (χ0) is 7.94. The predicted octanol–water partition coefficient (Wildman–Crippen LogP) is 1.62. The molecule has 0 radical (unpaired) electrons. The van der Waals surface area contributed by atoms with Gasteiger partial charge < -0.3 is 5.43 Å². The van der Waals surface area contributed by atoms with Gasteiger partial charge >= 0.3 is 0 Å². The van der Waals surface area contributed by atoms with Crippen LogP contribution in [0.15, 0.2) is 18.7 Å². The van der Waals surface area contributed by atoms with E-state index in [-0.39, 0.29) is 0 Å². The number of nitrogens with zero attached hydrogens (tertiary/aromatic N) is 2. The van der Waals surface area contributed by atoms with Gasteiger partial charge in [0, 0.05) is 18.9 Å². The molecule has 1 aromatic rings. The third-order valence-corrected chi connectivity index (χ3v) is 1.58. The Labute approximate surface area is 67.4 Å². The summed E-state index contributed by atoms with van der Waals surface area (Å²) >= 11 is 0. The maximum atomic E-state index is 3.92. The van der Waals surface area contributed by atoms with E-state index in [0.717, 1.165) is 6.54 Å². The van der Waals surface area contributed by atoms with Crippen molar-refractivity contribution in [2.45, 2.75) is 26.2 Å². The maximum absolute atomic E-state index is 3.92. The molecule has 0 fully saturated rings. The van der Waals surface area contributed by atoms with Crippen molar-refractivity contribution in [2.24, 2.45) is 0 Å². The topological polar surface area (TPSA) is 29.9 Å². The highest BCUT2D eigenvalue weighted by Crippen LogP contribution is 1.91. The number of rotatable bonds is 5. The van der Waals surface area contributed by atoms with Crippen molar-refractivity contribution in [3.05, 3.63) is 18.7 Å². The van der Waals surface area contributed by atoms with Crippen LogP contribution in [-0.2, 0) is 0 Å². The van der Waals surface area contributed by atoms with Crippen LogP contribution in [0.2, 0.25) is 0 Å². The Kier molecular flexibility index (Phi) is 3.52. The molecule has 0 aliphatic rings. The molecule has 0 saturated carbocycles. The van der Waals surface area contributed by atoms with E-state index in [0.29, 0.717) is 0 Å².